The first-order chi connectivity index (χ1) is 7.50. The van der Waals surface area contributed by atoms with E-state index in [9.17, 15) is 5.11 Å². The molecule has 1 aromatic carbocycles. The number of hydrogen-bond acceptors (Lipinski definition) is 3. The van der Waals surface area contributed by atoms with Gasteiger partial charge in [-0.3, -0.25) is 0 Å². The lowest BCUT2D eigenvalue weighted by Crippen LogP contribution is -2.09. The summed E-state index contributed by atoms with van der Waals surface area (Å²) in [5, 5.41) is 18.7. The number of hydrogen-bond donors (Lipinski definition) is 2. The first-order valence-electron chi connectivity index (χ1n) is 5.29. The van der Waals surface area contributed by atoms with Gasteiger partial charge in [-0.25, -0.2) is 0 Å². The number of benzene rings is 1. The first-order valence-corrected chi connectivity index (χ1v) is 6.08. The molecule has 1 rings (SSSR count). The fraction of sp³-hybridized carbons (Fsp3) is 0.500. The van der Waals surface area contributed by atoms with E-state index in [1.807, 2.05) is 18.2 Å². The first kappa shape index (κ1) is 13.5. The fourth-order valence-electron chi connectivity index (χ4n) is 1.32. The topological polar surface area (TPSA) is 49.7 Å². The molecule has 0 saturated carbocycles. The van der Waals surface area contributed by atoms with Crippen molar-refractivity contribution in [3.8, 4) is 5.75 Å². The molecular formula is C12H17BrO3. The fourth-order valence-corrected chi connectivity index (χ4v) is 1.70. The van der Waals surface area contributed by atoms with Crippen LogP contribution in [-0.4, -0.2) is 22.9 Å². The average molecular weight is 289 g/mol. The molecule has 0 amide bonds. The Balaban J connectivity index is 2.71. The van der Waals surface area contributed by atoms with Crippen molar-refractivity contribution >= 4 is 15.9 Å². The third kappa shape index (κ3) is 4.12. The summed E-state index contributed by atoms with van der Waals surface area (Å²) in [5.74, 6) is 0.666. The van der Waals surface area contributed by atoms with Gasteiger partial charge in [0.1, 0.15) is 5.75 Å². The molecule has 2 atom stereocenters. The van der Waals surface area contributed by atoms with Crippen LogP contribution in [0.15, 0.2) is 22.7 Å². The minimum absolute atomic E-state index is 0.370. The quantitative estimate of drug-likeness (QED) is 0.876. The molecule has 0 bridgehead atoms. The summed E-state index contributed by atoms with van der Waals surface area (Å²) < 4.78 is 6.43. The molecule has 0 aromatic heterocycles. The van der Waals surface area contributed by atoms with Crippen molar-refractivity contribution in [2.45, 2.75) is 32.5 Å². The Morgan fingerprint density at radius 1 is 1.31 bits per heavy atom. The van der Waals surface area contributed by atoms with Gasteiger partial charge >= 0.3 is 0 Å². The minimum Gasteiger partial charge on any atom is -0.493 e. The summed E-state index contributed by atoms with van der Waals surface area (Å²) in [5.41, 5.74) is 0.750. The molecule has 2 unspecified atom stereocenters. The number of halogens is 1. The predicted molar refractivity (Wildman–Crippen MR) is 66.6 cm³/mol. The van der Waals surface area contributed by atoms with E-state index in [4.69, 9.17) is 9.84 Å². The molecule has 0 aliphatic carbocycles. The van der Waals surface area contributed by atoms with Crippen molar-refractivity contribution in [2.24, 2.45) is 0 Å². The molecule has 16 heavy (non-hydrogen) atoms. The van der Waals surface area contributed by atoms with Crippen LogP contribution in [0.25, 0.3) is 0 Å². The van der Waals surface area contributed by atoms with Gasteiger partial charge in [-0.15, -0.1) is 0 Å². The van der Waals surface area contributed by atoms with Crippen molar-refractivity contribution in [1.82, 2.24) is 0 Å². The van der Waals surface area contributed by atoms with E-state index in [1.54, 1.807) is 13.8 Å². The predicted octanol–water partition coefficient (Wildman–Crippen LogP) is 2.65. The zero-order chi connectivity index (χ0) is 12.1. The molecule has 0 fully saturated rings. The van der Waals surface area contributed by atoms with Crippen molar-refractivity contribution in [1.29, 1.82) is 0 Å². The van der Waals surface area contributed by atoms with Crippen molar-refractivity contribution in [2.75, 3.05) is 6.61 Å². The summed E-state index contributed by atoms with van der Waals surface area (Å²) in [7, 11) is 0. The maximum Gasteiger partial charge on any atom is 0.125 e. The smallest absolute Gasteiger partial charge is 0.125 e. The van der Waals surface area contributed by atoms with E-state index in [2.05, 4.69) is 15.9 Å². The SMILES string of the molecule is CC(O)CCOc1ccc(Br)cc1C(C)O. The van der Waals surface area contributed by atoms with Crippen LogP contribution in [0.5, 0.6) is 5.75 Å². The van der Waals surface area contributed by atoms with Gasteiger partial charge in [0.25, 0.3) is 0 Å². The second-order valence-corrected chi connectivity index (χ2v) is 4.76. The summed E-state index contributed by atoms with van der Waals surface area (Å²) in [6.45, 7) is 3.86. The number of aliphatic hydroxyl groups excluding tert-OH is 2. The highest BCUT2D eigenvalue weighted by Gasteiger charge is 2.10. The van der Waals surface area contributed by atoms with Gasteiger partial charge in [-0.05, 0) is 32.0 Å². The van der Waals surface area contributed by atoms with Gasteiger partial charge in [0.15, 0.2) is 0 Å². The maximum atomic E-state index is 9.59. The summed E-state index contributed by atoms with van der Waals surface area (Å²) in [4.78, 5) is 0. The van der Waals surface area contributed by atoms with Gasteiger partial charge in [0.2, 0.25) is 0 Å². The second-order valence-electron chi connectivity index (χ2n) is 3.84. The molecule has 1 aromatic rings. The second kappa shape index (κ2) is 6.23. The van der Waals surface area contributed by atoms with Gasteiger partial charge in [0, 0.05) is 16.5 Å². The third-order valence-electron chi connectivity index (χ3n) is 2.22. The molecule has 90 valence electrons. The number of ether oxygens (including phenoxy) is 1. The van der Waals surface area contributed by atoms with E-state index in [0.717, 1.165) is 10.0 Å². The Kier molecular flexibility index (Phi) is 5.25. The van der Waals surface area contributed by atoms with Crippen molar-refractivity contribution < 1.29 is 14.9 Å². The third-order valence-corrected chi connectivity index (χ3v) is 2.71. The van der Waals surface area contributed by atoms with E-state index in [1.165, 1.54) is 0 Å². The monoisotopic (exact) mass is 288 g/mol. The van der Waals surface area contributed by atoms with Crippen LogP contribution in [0.3, 0.4) is 0 Å². The number of rotatable bonds is 5. The Labute approximate surface area is 104 Å². The van der Waals surface area contributed by atoms with Crippen LogP contribution in [0.4, 0.5) is 0 Å². The molecule has 0 aliphatic heterocycles. The maximum absolute atomic E-state index is 9.59. The van der Waals surface area contributed by atoms with Crippen LogP contribution in [-0.2, 0) is 0 Å². The summed E-state index contributed by atoms with van der Waals surface area (Å²) >= 11 is 3.35. The molecule has 0 saturated heterocycles. The van der Waals surface area contributed by atoms with E-state index < -0.39 is 6.10 Å². The highest BCUT2D eigenvalue weighted by Crippen LogP contribution is 2.28. The van der Waals surface area contributed by atoms with E-state index in [0.29, 0.717) is 18.8 Å². The molecule has 3 nitrogen and oxygen atoms in total. The van der Waals surface area contributed by atoms with E-state index >= 15 is 0 Å². The highest BCUT2D eigenvalue weighted by molar-refractivity contribution is 9.10. The zero-order valence-electron chi connectivity index (χ0n) is 9.48. The lowest BCUT2D eigenvalue weighted by Gasteiger charge is -2.14. The van der Waals surface area contributed by atoms with Crippen LogP contribution < -0.4 is 4.74 Å². The van der Waals surface area contributed by atoms with Gasteiger partial charge < -0.3 is 14.9 Å². The normalized spacial score (nSPS) is 14.6. The largest absolute Gasteiger partial charge is 0.493 e. The molecule has 2 N–H and O–H groups in total. The highest BCUT2D eigenvalue weighted by atomic mass is 79.9. The lowest BCUT2D eigenvalue weighted by atomic mass is 10.1. The summed E-state index contributed by atoms with van der Waals surface area (Å²) in [6.07, 6.45) is -0.362. The van der Waals surface area contributed by atoms with Crippen LogP contribution in [0, 0.1) is 0 Å². The Bertz CT molecular complexity index is 337. The standard InChI is InChI=1S/C12H17BrO3/c1-8(14)5-6-16-12-4-3-10(13)7-11(12)9(2)15/h3-4,7-9,14-15H,5-6H2,1-2H3. The lowest BCUT2D eigenvalue weighted by molar-refractivity contribution is 0.151. The minimum atomic E-state index is -0.570. The molecule has 0 aliphatic rings. The molecule has 0 heterocycles. The Morgan fingerprint density at radius 2 is 2.00 bits per heavy atom. The Morgan fingerprint density at radius 3 is 2.56 bits per heavy atom. The van der Waals surface area contributed by atoms with Crippen LogP contribution in [0.1, 0.15) is 31.9 Å². The molecule has 0 spiro atoms. The molecule has 4 heteroatoms. The van der Waals surface area contributed by atoms with E-state index in [-0.39, 0.29) is 6.10 Å². The van der Waals surface area contributed by atoms with Gasteiger partial charge in [-0.1, -0.05) is 15.9 Å². The molecule has 0 radical (unpaired) electrons. The van der Waals surface area contributed by atoms with Gasteiger partial charge in [-0.2, -0.15) is 0 Å². The molecular weight excluding hydrogens is 272 g/mol. The summed E-state index contributed by atoms with van der Waals surface area (Å²) in [6, 6.07) is 5.51. The zero-order valence-corrected chi connectivity index (χ0v) is 11.1. The van der Waals surface area contributed by atoms with Crippen molar-refractivity contribution in [3.63, 3.8) is 0 Å². The van der Waals surface area contributed by atoms with Crippen molar-refractivity contribution in [3.05, 3.63) is 28.2 Å². The van der Waals surface area contributed by atoms with Crippen LogP contribution in [0.2, 0.25) is 0 Å². The number of aliphatic hydroxyl groups is 2. The average Bonchev–Trinajstić information content (AvgIpc) is 2.19. The Hall–Kier alpha value is -0.580. The van der Waals surface area contributed by atoms with Crippen LogP contribution >= 0.6 is 15.9 Å². The van der Waals surface area contributed by atoms with Gasteiger partial charge in [0.05, 0.1) is 18.8 Å².